The summed E-state index contributed by atoms with van der Waals surface area (Å²) in [6, 6.07) is 16.2. The van der Waals surface area contributed by atoms with Crippen LogP contribution >= 0.6 is 23.4 Å². The smallest absolute Gasteiger partial charge is 0.119 e. The summed E-state index contributed by atoms with van der Waals surface area (Å²) >= 11 is 7.69. The number of methoxy groups -OCH3 is 1. The Labute approximate surface area is 117 Å². The standard InChI is InChI=1S/C15H15ClOS/c1-17-14-3-2-4-15(11-14)18-10-9-12-5-7-13(16)8-6-12/h2-8,11H,9-10H2,1H3. The molecule has 94 valence electrons. The molecule has 0 atom stereocenters. The highest BCUT2D eigenvalue weighted by molar-refractivity contribution is 7.99. The molecule has 0 N–H and O–H groups in total. The molecular formula is C15H15ClOS. The van der Waals surface area contributed by atoms with Gasteiger partial charge in [0.05, 0.1) is 7.11 Å². The summed E-state index contributed by atoms with van der Waals surface area (Å²) in [4.78, 5) is 1.24. The van der Waals surface area contributed by atoms with Gasteiger partial charge in [0.15, 0.2) is 0 Å². The lowest BCUT2D eigenvalue weighted by atomic mass is 10.2. The highest BCUT2D eigenvalue weighted by Crippen LogP contribution is 2.23. The Morgan fingerprint density at radius 2 is 1.89 bits per heavy atom. The van der Waals surface area contributed by atoms with Crippen molar-refractivity contribution in [2.45, 2.75) is 11.3 Å². The maximum absolute atomic E-state index is 5.86. The van der Waals surface area contributed by atoms with Crippen molar-refractivity contribution in [2.24, 2.45) is 0 Å². The molecule has 0 spiro atoms. The topological polar surface area (TPSA) is 9.23 Å². The zero-order chi connectivity index (χ0) is 12.8. The van der Waals surface area contributed by atoms with E-state index >= 15 is 0 Å². The van der Waals surface area contributed by atoms with Crippen LogP contribution < -0.4 is 4.74 Å². The summed E-state index contributed by atoms with van der Waals surface area (Å²) < 4.78 is 5.20. The maximum atomic E-state index is 5.86. The lowest BCUT2D eigenvalue weighted by Crippen LogP contribution is -1.88. The average molecular weight is 279 g/mol. The normalized spacial score (nSPS) is 10.3. The summed E-state index contributed by atoms with van der Waals surface area (Å²) in [6.45, 7) is 0. The number of rotatable bonds is 5. The third-order valence-electron chi connectivity index (χ3n) is 2.61. The number of ether oxygens (including phenoxy) is 1. The molecule has 0 aliphatic heterocycles. The molecule has 0 aliphatic carbocycles. The summed E-state index contributed by atoms with van der Waals surface area (Å²) in [5, 5.41) is 0.791. The minimum absolute atomic E-state index is 0.791. The van der Waals surface area contributed by atoms with Gasteiger partial charge in [-0.2, -0.15) is 0 Å². The first-order valence-electron chi connectivity index (χ1n) is 5.79. The molecule has 0 aliphatic rings. The van der Waals surface area contributed by atoms with Crippen molar-refractivity contribution in [3.63, 3.8) is 0 Å². The molecule has 0 amide bonds. The van der Waals surface area contributed by atoms with Gasteiger partial charge in [-0.1, -0.05) is 29.8 Å². The number of hydrogen-bond donors (Lipinski definition) is 0. The van der Waals surface area contributed by atoms with E-state index in [0.717, 1.165) is 22.9 Å². The van der Waals surface area contributed by atoms with E-state index in [2.05, 4.69) is 24.3 Å². The van der Waals surface area contributed by atoms with E-state index in [1.165, 1.54) is 10.5 Å². The van der Waals surface area contributed by atoms with Crippen LogP contribution in [0.3, 0.4) is 0 Å². The third kappa shape index (κ3) is 3.97. The molecule has 0 bridgehead atoms. The van der Waals surface area contributed by atoms with Gasteiger partial charge >= 0.3 is 0 Å². The molecule has 0 saturated carbocycles. The average Bonchev–Trinajstić information content (AvgIpc) is 2.41. The largest absolute Gasteiger partial charge is 0.497 e. The molecule has 0 heterocycles. The fourth-order valence-corrected chi connectivity index (χ4v) is 2.70. The van der Waals surface area contributed by atoms with Gasteiger partial charge in [0.1, 0.15) is 5.75 Å². The second-order valence-electron chi connectivity index (χ2n) is 3.90. The Hall–Kier alpha value is -1.12. The molecule has 0 radical (unpaired) electrons. The highest BCUT2D eigenvalue weighted by atomic mass is 35.5. The molecule has 0 fully saturated rings. The van der Waals surface area contributed by atoms with Gasteiger partial charge in [0.2, 0.25) is 0 Å². The SMILES string of the molecule is COc1cccc(SCCc2ccc(Cl)cc2)c1. The fraction of sp³-hybridized carbons (Fsp3) is 0.200. The molecule has 18 heavy (non-hydrogen) atoms. The predicted molar refractivity (Wildman–Crippen MR) is 78.9 cm³/mol. The number of thioether (sulfide) groups is 1. The van der Waals surface area contributed by atoms with E-state index in [9.17, 15) is 0 Å². The highest BCUT2D eigenvalue weighted by Gasteiger charge is 1.98. The molecule has 0 unspecified atom stereocenters. The monoisotopic (exact) mass is 278 g/mol. The van der Waals surface area contributed by atoms with Gasteiger partial charge in [-0.25, -0.2) is 0 Å². The Balaban J connectivity index is 1.86. The first-order valence-corrected chi connectivity index (χ1v) is 7.15. The van der Waals surface area contributed by atoms with Gasteiger partial charge in [-0.05, 0) is 42.3 Å². The molecule has 2 aromatic carbocycles. The van der Waals surface area contributed by atoms with Crippen molar-refractivity contribution in [1.29, 1.82) is 0 Å². The molecule has 0 aromatic heterocycles. The van der Waals surface area contributed by atoms with Gasteiger partial charge < -0.3 is 4.74 Å². The molecule has 3 heteroatoms. The lowest BCUT2D eigenvalue weighted by molar-refractivity contribution is 0.413. The van der Waals surface area contributed by atoms with E-state index in [1.54, 1.807) is 7.11 Å². The van der Waals surface area contributed by atoms with Crippen LogP contribution in [0.5, 0.6) is 5.75 Å². The van der Waals surface area contributed by atoms with Crippen molar-refractivity contribution in [1.82, 2.24) is 0 Å². The summed E-state index contributed by atoms with van der Waals surface area (Å²) in [7, 11) is 1.69. The van der Waals surface area contributed by atoms with Crippen LogP contribution in [0.1, 0.15) is 5.56 Å². The van der Waals surface area contributed by atoms with Crippen LogP contribution in [0.15, 0.2) is 53.4 Å². The van der Waals surface area contributed by atoms with Crippen LogP contribution in [0, 0.1) is 0 Å². The number of halogens is 1. The van der Waals surface area contributed by atoms with Crippen LogP contribution in [-0.4, -0.2) is 12.9 Å². The number of benzene rings is 2. The molecule has 0 saturated heterocycles. The van der Waals surface area contributed by atoms with E-state index in [-0.39, 0.29) is 0 Å². The summed E-state index contributed by atoms with van der Waals surface area (Å²) in [6.07, 6.45) is 1.04. The Morgan fingerprint density at radius 3 is 2.61 bits per heavy atom. The minimum Gasteiger partial charge on any atom is -0.497 e. The molecular weight excluding hydrogens is 264 g/mol. The van der Waals surface area contributed by atoms with Gasteiger partial charge in [0.25, 0.3) is 0 Å². The van der Waals surface area contributed by atoms with E-state index in [4.69, 9.17) is 16.3 Å². The van der Waals surface area contributed by atoms with E-state index < -0.39 is 0 Å². The summed E-state index contributed by atoms with van der Waals surface area (Å²) in [5.41, 5.74) is 1.31. The predicted octanol–water partition coefficient (Wildman–Crippen LogP) is 4.68. The van der Waals surface area contributed by atoms with E-state index in [1.807, 2.05) is 36.0 Å². The fourth-order valence-electron chi connectivity index (χ4n) is 1.63. The number of hydrogen-bond acceptors (Lipinski definition) is 2. The first kappa shape index (κ1) is 13.3. The quantitative estimate of drug-likeness (QED) is 0.734. The third-order valence-corrected chi connectivity index (χ3v) is 3.86. The van der Waals surface area contributed by atoms with Crippen molar-refractivity contribution < 1.29 is 4.74 Å². The number of aryl methyl sites for hydroxylation is 1. The van der Waals surface area contributed by atoms with Crippen LogP contribution in [0.4, 0.5) is 0 Å². The van der Waals surface area contributed by atoms with Gasteiger partial charge in [-0.15, -0.1) is 11.8 Å². The van der Waals surface area contributed by atoms with E-state index in [0.29, 0.717) is 0 Å². The second kappa shape index (κ2) is 6.72. The van der Waals surface area contributed by atoms with Crippen LogP contribution in [0.2, 0.25) is 5.02 Å². The minimum atomic E-state index is 0.791. The summed E-state index contributed by atoms with van der Waals surface area (Å²) in [5.74, 6) is 1.96. The van der Waals surface area contributed by atoms with Crippen molar-refractivity contribution in [3.05, 3.63) is 59.1 Å². The Bertz CT molecular complexity index is 496. The van der Waals surface area contributed by atoms with Crippen LogP contribution in [0.25, 0.3) is 0 Å². The zero-order valence-corrected chi connectivity index (χ0v) is 11.8. The van der Waals surface area contributed by atoms with Gasteiger partial charge in [0, 0.05) is 15.7 Å². The maximum Gasteiger partial charge on any atom is 0.119 e. The van der Waals surface area contributed by atoms with Crippen LogP contribution in [-0.2, 0) is 6.42 Å². The van der Waals surface area contributed by atoms with Gasteiger partial charge in [-0.3, -0.25) is 0 Å². The Morgan fingerprint density at radius 1 is 1.11 bits per heavy atom. The van der Waals surface area contributed by atoms with Crippen molar-refractivity contribution in [3.8, 4) is 5.75 Å². The molecule has 1 nitrogen and oxygen atoms in total. The Kier molecular flexibility index (Phi) is 4.97. The second-order valence-corrected chi connectivity index (χ2v) is 5.51. The van der Waals surface area contributed by atoms with Crippen molar-refractivity contribution in [2.75, 3.05) is 12.9 Å². The molecule has 2 rings (SSSR count). The molecule has 2 aromatic rings. The van der Waals surface area contributed by atoms with Crippen molar-refractivity contribution >= 4 is 23.4 Å². The lowest BCUT2D eigenvalue weighted by Gasteiger charge is -2.04. The first-order chi connectivity index (χ1) is 8.78. The zero-order valence-electron chi connectivity index (χ0n) is 10.2.